The van der Waals surface area contributed by atoms with Gasteiger partial charge in [0.2, 0.25) is 0 Å². The molecule has 1 unspecified atom stereocenters. The third-order valence-electron chi connectivity index (χ3n) is 6.47. The van der Waals surface area contributed by atoms with Gasteiger partial charge in [0.1, 0.15) is 4.83 Å². The Bertz CT molecular complexity index is 881. The van der Waals surface area contributed by atoms with Gasteiger partial charge in [-0.25, -0.2) is 0 Å². The molecular formula is C21H29N3O3S. The largest absolute Gasteiger partial charge is 0.481 e. The van der Waals surface area contributed by atoms with Gasteiger partial charge in [-0.05, 0) is 45.1 Å². The number of likely N-dealkylation sites (tertiary alicyclic amines) is 1. The molecule has 28 heavy (non-hydrogen) atoms. The fourth-order valence-corrected chi connectivity index (χ4v) is 6.18. The average molecular weight is 404 g/mol. The lowest BCUT2D eigenvalue weighted by atomic mass is 9.87. The standard InChI is InChI=1S/C21H29N3O3S/c1-3-17-15(21(26)27)10-7-11-23(17)19(25)18-12-16-13(2)22-24(20(16)28-18)14-8-5-4-6-9-14/h12,14-15,17H,3-11H2,1-2H3,(H,26,27)/t15-,17?/m0/s1. The smallest absolute Gasteiger partial charge is 0.308 e. The van der Waals surface area contributed by atoms with Crippen LogP contribution in [0.3, 0.4) is 0 Å². The van der Waals surface area contributed by atoms with Crippen molar-refractivity contribution in [2.45, 2.75) is 77.3 Å². The monoisotopic (exact) mass is 403 g/mol. The number of rotatable bonds is 4. The zero-order valence-corrected chi connectivity index (χ0v) is 17.5. The number of aliphatic carboxylic acids is 1. The Labute approximate surface area is 169 Å². The number of piperidine rings is 1. The lowest BCUT2D eigenvalue weighted by molar-refractivity contribution is -0.145. The molecule has 0 bridgehead atoms. The molecule has 7 heteroatoms. The van der Waals surface area contributed by atoms with Crippen LogP contribution in [0.15, 0.2) is 6.07 Å². The molecule has 1 aliphatic carbocycles. The number of amides is 1. The molecule has 0 spiro atoms. The Kier molecular flexibility index (Phi) is 5.45. The number of carboxylic acids is 1. The second-order valence-electron chi connectivity index (χ2n) is 8.21. The molecule has 2 aromatic heterocycles. The molecule has 3 heterocycles. The summed E-state index contributed by atoms with van der Waals surface area (Å²) in [5.74, 6) is -1.27. The number of fused-ring (bicyclic) bond motifs is 1. The topological polar surface area (TPSA) is 75.4 Å². The van der Waals surface area contributed by atoms with E-state index < -0.39 is 11.9 Å². The van der Waals surface area contributed by atoms with Crippen LogP contribution in [0.2, 0.25) is 0 Å². The summed E-state index contributed by atoms with van der Waals surface area (Å²) in [6, 6.07) is 2.18. The molecule has 2 atom stereocenters. The Hall–Kier alpha value is -1.89. The number of carbonyl (C=O) groups excluding carboxylic acids is 1. The minimum atomic E-state index is -0.788. The SMILES string of the molecule is CCC1[C@@H](C(=O)O)CCCN1C(=O)c1cc2c(C)nn(C3CCCCC3)c2s1. The number of aryl methyl sites for hydroxylation is 1. The van der Waals surface area contributed by atoms with E-state index in [0.29, 0.717) is 30.3 Å². The van der Waals surface area contributed by atoms with Crippen LogP contribution >= 0.6 is 11.3 Å². The van der Waals surface area contributed by atoms with Gasteiger partial charge in [0.15, 0.2) is 0 Å². The molecule has 1 saturated carbocycles. The van der Waals surface area contributed by atoms with Gasteiger partial charge in [0, 0.05) is 18.0 Å². The summed E-state index contributed by atoms with van der Waals surface area (Å²) in [6.07, 6.45) is 8.16. The Balaban J connectivity index is 1.65. The maximum Gasteiger partial charge on any atom is 0.308 e. The van der Waals surface area contributed by atoms with Gasteiger partial charge < -0.3 is 10.0 Å². The van der Waals surface area contributed by atoms with Crippen molar-refractivity contribution in [1.82, 2.24) is 14.7 Å². The Morgan fingerprint density at radius 3 is 2.64 bits per heavy atom. The highest BCUT2D eigenvalue weighted by atomic mass is 32.1. The average Bonchev–Trinajstić information content (AvgIpc) is 3.28. The number of carbonyl (C=O) groups is 2. The molecule has 6 nitrogen and oxygen atoms in total. The third-order valence-corrected chi connectivity index (χ3v) is 7.59. The summed E-state index contributed by atoms with van der Waals surface area (Å²) >= 11 is 1.52. The first kappa shape index (κ1) is 19.4. The van der Waals surface area contributed by atoms with E-state index in [2.05, 4.69) is 4.68 Å². The van der Waals surface area contributed by atoms with Gasteiger partial charge in [-0.1, -0.05) is 26.2 Å². The summed E-state index contributed by atoms with van der Waals surface area (Å²) in [5.41, 5.74) is 0.977. The second kappa shape index (κ2) is 7.85. The first-order valence-electron chi connectivity index (χ1n) is 10.5. The van der Waals surface area contributed by atoms with E-state index in [1.165, 1.54) is 30.6 Å². The molecule has 2 aliphatic rings. The summed E-state index contributed by atoms with van der Waals surface area (Å²) in [5, 5.41) is 15.4. The molecule has 1 amide bonds. The van der Waals surface area contributed by atoms with Gasteiger partial charge in [-0.2, -0.15) is 5.10 Å². The molecule has 0 radical (unpaired) electrons. The maximum absolute atomic E-state index is 13.3. The Morgan fingerprint density at radius 2 is 1.96 bits per heavy atom. The van der Waals surface area contributed by atoms with Crippen LogP contribution in [-0.2, 0) is 4.79 Å². The summed E-state index contributed by atoms with van der Waals surface area (Å²) in [4.78, 5) is 28.6. The van der Waals surface area contributed by atoms with E-state index in [0.717, 1.165) is 35.2 Å². The molecule has 0 aromatic carbocycles. The van der Waals surface area contributed by atoms with Crippen molar-refractivity contribution >= 4 is 33.4 Å². The van der Waals surface area contributed by atoms with Crippen LogP contribution in [0, 0.1) is 12.8 Å². The number of hydrogen-bond acceptors (Lipinski definition) is 4. The maximum atomic E-state index is 13.3. The van der Waals surface area contributed by atoms with E-state index in [9.17, 15) is 14.7 Å². The van der Waals surface area contributed by atoms with Crippen molar-refractivity contribution in [3.05, 3.63) is 16.6 Å². The van der Waals surface area contributed by atoms with Crippen molar-refractivity contribution < 1.29 is 14.7 Å². The summed E-state index contributed by atoms with van der Waals surface area (Å²) in [7, 11) is 0. The second-order valence-corrected chi connectivity index (χ2v) is 9.24. The van der Waals surface area contributed by atoms with Crippen molar-refractivity contribution in [2.24, 2.45) is 5.92 Å². The molecular weight excluding hydrogens is 374 g/mol. The molecule has 152 valence electrons. The van der Waals surface area contributed by atoms with Gasteiger partial charge in [-0.3, -0.25) is 14.3 Å². The summed E-state index contributed by atoms with van der Waals surface area (Å²) in [6.45, 7) is 4.63. The van der Waals surface area contributed by atoms with Gasteiger partial charge in [0.05, 0.1) is 22.5 Å². The van der Waals surface area contributed by atoms with Gasteiger partial charge >= 0.3 is 5.97 Å². The molecule has 4 rings (SSSR count). The highest BCUT2D eigenvalue weighted by Crippen LogP contribution is 2.37. The lowest BCUT2D eigenvalue weighted by Crippen LogP contribution is -2.50. The van der Waals surface area contributed by atoms with E-state index >= 15 is 0 Å². The third kappa shape index (κ3) is 3.34. The number of aromatic nitrogens is 2. The van der Waals surface area contributed by atoms with Crippen molar-refractivity contribution in [1.29, 1.82) is 0 Å². The fraction of sp³-hybridized carbons (Fsp3) is 0.667. The van der Waals surface area contributed by atoms with E-state index in [4.69, 9.17) is 5.10 Å². The van der Waals surface area contributed by atoms with E-state index in [-0.39, 0.29) is 11.9 Å². The minimum Gasteiger partial charge on any atom is -0.481 e. The van der Waals surface area contributed by atoms with Crippen LogP contribution in [0.5, 0.6) is 0 Å². The van der Waals surface area contributed by atoms with E-state index in [1.54, 1.807) is 4.90 Å². The van der Waals surface area contributed by atoms with Gasteiger partial charge in [0.25, 0.3) is 5.91 Å². The number of thiophene rings is 1. The van der Waals surface area contributed by atoms with Crippen LogP contribution in [0.25, 0.3) is 10.2 Å². The quantitative estimate of drug-likeness (QED) is 0.808. The first-order chi connectivity index (χ1) is 13.5. The predicted octanol–water partition coefficient (Wildman–Crippen LogP) is 4.63. The zero-order valence-electron chi connectivity index (χ0n) is 16.7. The lowest BCUT2D eigenvalue weighted by Gasteiger charge is -2.39. The highest BCUT2D eigenvalue weighted by molar-refractivity contribution is 7.20. The van der Waals surface area contributed by atoms with Gasteiger partial charge in [-0.15, -0.1) is 11.3 Å². The fourth-order valence-electron chi connectivity index (χ4n) is 4.99. The van der Waals surface area contributed by atoms with Crippen LogP contribution in [0.1, 0.15) is 79.7 Å². The molecule has 1 aliphatic heterocycles. The molecule has 2 aromatic rings. The number of nitrogens with zero attached hydrogens (tertiary/aromatic N) is 3. The first-order valence-corrected chi connectivity index (χ1v) is 11.3. The molecule has 1 N–H and O–H groups in total. The van der Waals surface area contributed by atoms with Crippen LogP contribution in [-0.4, -0.2) is 44.3 Å². The zero-order chi connectivity index (χ0) is 19.8. The molecule has 2 fully saturated rings. The number of carboxylic acid groups (broad SMARTS) is 1. The predicted molar refractivity (Wildman–Crippen MR) is 110 cm³/mol. The van der Waals surface area contributed by atoms with E-state index in [1.807, 2.05) is 19.9 Å². The number of hydrogen-bond donors (Lipinski definition) is 1. The molecule has 1 saturated heterocycles. The normalized spacial score (nSPS) is 24.0. The summed E-state index contributed by atoms with van der Waals surface area (Å²) < 4.78 is 2.15. The van der Waals surface area contributed by atoms with Crippen molar-refractivity contribution in [2.75, 3.05) is 6.54 Å². The van der Waals surface area contributed by atoms with Crippen LogP contribution in [0.4, 0.5) is 0 Å². The highest BCUT2D eigenvalue weighted by Gasteiger charge is 2.38. The van der Waals surface area contributed by atoms with Crippen LogP contribution < -0.4 is 0 Å². The van der Waals surface area contributed by atoms with Crippen molar-refractivity contribution in [3.8, 4) is 0 Å². The van der Waals surface area contributed by atoms with Crippen molar-refractivity contribution in [3.63, 3.8) is 0 Å². The Morgan fingerprint density at radius 1 is 1.21 bits per heavy atom. The minimum absolute atomic E-state index is 0.0198.